The minimum absolute atomic E-state index is 0.0402. The highest BCUT2D eigenvalue weighted by Gasteiger charge is 2.10. The second-order valence-electron chi connectivity index (χ2n) is 5.71. The molecule has 2 aromatic rings. The maximum Gasteiger partial charge on any atom is 0.224 e. The van der Waals surface area contributed by atoms with E-state index in [9.17, 15) is 9.59 Å². The lowest BCUT2D eigenvalue weighted by molar-refractivity contribution is -0.123. The molecule has 0 saturated heterocycles. The van der Waals surface area contributed by atoms with Crippen molar-refractivity contribution < 1.29 is 19.1 Å². The van der Waals surface area contributed by atoms with Gasteiger partial charge in [-0.05, 0) is 43.7 Å². The first-order chi connectivity index (χ1) is 12.0. The summed E-state index contributed by atoms with van der Waals surface area (Å²) in [6.45, 7) is 4.04. The number of carbonyl (C=O) groups excluding carboxylic acids is 2. The molecular weight excluding hydrogens is 318 g/mol. The number of nitrogens with one attached hydrogen (secondary N) is 1. The van der Waals surface area contributed by atoms with Gasteiger partial charge in [0.15, 0.2) is 11.9 Å². The van der Waals surface area contributed by atoms with Gasteiger partial charge in [-0.1, -0.05) is 30.3 Å². The molecular formula is C20H23NO4. The zero-order valence-electron chi connectivity index (χ0n) is 14.5. The molecule has 5 heteroatoms. The standard InChI is InChI=1S/C20H23NO4/c1-15(22)16(2)25-19-10-6-7-17(13-19)14-20(23)21-11-12-24-18-8-4-3-5-9-18/h3-10,13,16H,11-12,14H2,1-2H3,(H,21,23). The number of rotatable bonds is 9. The van der Waals surface area contributed by atoms with Crippen molar-refractivity contribution in [2.45, 2.75) is 26.4 Å². The monoisotopic (exact) mass is 341 g/mol. The predicted octanol–water partition coefficient (Wildman–Crippen LogP) is 2.78. The SMILES string of the molecule is CC(=O)C(C)Oc1cccc(CC(=O)NCCOc2ccccc2)c1. The van der Waals surface area contributed by atoms with Crippen LogP contribution in [-0.2, 0) is 16.0 Å². The number of hydrogen-bond acceptors (Lipinski definition) is 4. The van der Waals surface area contributed by atoms with Gasteiger partial charge in [0.1, 0.15) is 18.1 Å². The Labute approximate surface area is 148 Å². The van der Waals surface area contributed by atoms with Crippen LogP contribution in [0.1, 0.15) is 19.4 Å². The third-order valence-electron chi connectivity index (χ3n) is 3.58. The summed E-state index contributed by atoms with van der Waals surface area (Å²) in [6.07, 6.45) is -0.254. The number of benzene rings is 2. The van der Waals surface area contributed by atoms with Crippen molar-refractivity contribution in [1.29, 1.82) is 0 Å². The Morgan fingerprint density at radius 3 is 2.48 bits per heavy atom. The highest BCUT2D eigenvalue weighted by Crippen LogP contribution is 2.15. The largest absolute Gasteiger partial charge is 0.492 e. The molecule has 0 fully saturated rings. The molecule has 0 aliphatic carbocycles. The molecule has 25 heavy (non-hydrogen) atoms. The summed E-state index contributed by atoms with van der Waals surface area (Å²) in [6, 6.07) is 16.7. The summed E-state index contributed by atoms with van der Waals surface area (Å²) in [5, 5.41) is 2.82. The van der Waals surface area contributed by atoms with Crippen molar-refractivity contribution in [3.63, 3.8) is 0 Å². The highest BCUT2D eigenvalue weighted by atomic mass is 16.5. The average Bonchev–Trinajstić information content (AvgIpc) is 2.60. The van der Waals surface area contributed by atoms with E-state index in [0.29, 0.717) is 18.9 Å². The lowest BCUT2D eigenvalue weighted by atomic mass is 10.1. The van der Waals surface area contributed by atoms with Crippen molar-refractivity contribution in [1.82, 2.24) is 5.32 Å². The minimum atomic E-state index is -0.501. The minimum Gasteiger partial charge on any atom is -0.492 e. The molecule has 1 amide bonds. The summed E-state index contributed by atoms with van der Waals surface area (Å²) in [7, 11) is 0. The van der Waals surface area contributed by atoms with E-state index < -0.39 is 6.10 Å². The average molecular weight is 341 g/mol. The molecule has 2 rings (SSSR count). The first-order valence-corrected chi connectivity index (χ1v) is 8.25. The summed E-state index contributed by atoms with van der Waals surface area (Å²) >= 11 is 0. The molecule has 1 unspecified atom stereocenters. The molecule has 0 aromatic heterocycles. The molecule has 0 aliphatic rings. The number of ether oxygens (including phenoxy) is 2. The highest BCUT2D eigenvalue weighted by molar-refractivity contribution is 5.80. The van der Waals surface area contributed by atoms with Crippen LogP contribution in [0.4, 0.5) is 0 Å². The van der Waals surface area contributed by atoms with Gasteiger partial charge in [0.25, 0.3) is 0 Å². The third-order valence-corrected chi connectivity index (χ3v) is 3.58. The van der Waals surface area contributed by atoms with E-state index in [0.717, 1.165) is 11.3 Å². The van der Waals surface area contributed by atoms with E-state index in [4.69, 9.17) is 9.47 Å². The molecule has 0 aliphatic heterocycles. The van der Waals surface area contributed by atoms with E-state index in [2.05, 4.69) is 5.32 Å². The Morgan fingerprint density at radius 2 is 1.76 bits per heavy atom. The lowest BCUT2D eigenvalue weighted by Crippen LogP contribution is -2.29. The predicted molar refractivity (Wildman–Crippen MR) is 95.9 cm³/mol. The molecule has 5 nitrogen and oxygen atoms in total. The van der Waals surface area contributed by atoms with E-state index >= 15 is 0 Å². The van der Waals surface area contributed by atoms with Crippen LogP contribution in [0.25, 0.3) is 0 Å². The van der Waals surface area contributed by atoms with Gasteiger partial charge in [-0.2, -0.15) is 0 Å². The lowest BCUT2D eigenvalue weighted by Gasteiger charge is -2.12. The Bertz CT molecular complexity index is 700. The molecule has 1 atom stereocenters. The van der Waals surface area contributed by atoms with Gasteiger partial charge in [-0.25, -0.2) is 0 Å². The molecule has 132 valence electrons. The van der Waals surface area contributed by atoms with E-state index in [1.54, 1.807) is 19.1 Å². The van der Waals surface area contributed by atoms with Crippen LogP contribution < -0.4 is 14.8 Å². The maximum absolute atomic E-state index is 12.0. The van der Waals surface area contributed by atoms with Gasteiger partial charge in [-0.3, -0.25) is 9.59 Å². The summed E-state index contributed by atoms with van der Waals surface area (Å²) in [4.78, 5) is 23.3. The molecule has 0 bridgehead atoms. The number of Topliss-reactive ketones (excluding diaryl/α,β-unsaturated/α-hetero) is 1. The second-order valence-corrected chi connectivity index (χ2v) is 5.71. The van der Waals surface area contributed by atoms with Gasteiger partial charge in [0.2, 0.25) is 5.91 Å². The van der Waals surface area contributed by atoms with Crippen LogP contribution >= 0.6 is 0 Å². The van der Waals surface area contributed by atoms with E-state index in [1.807, 2.05) is 42.5 Å². The Hall–Kier alpha value is -2.82. The van der Waals surface area contributed by atoms with Crippen LogP contribution in [0.5, 0.6) is 11.5 Å². The molecule has 0 spiro atoms. The van der Waals surface area contributed by atoms with Crippen LogP contribution in [0.3, 0.4) is 0 Å². The quantitative estimate of drug-likeness (QED) is 0.712. The first-order valence-electron chi connectivity index (χ1n) is 8.25. The van der Waals surface area contributed by atoms with Gasteiger partial charge in [0, 0.05) is 0 Å². The van der Waals surface area contributed by atoms with Gasteiger partial charge in [0.05, 0.1) is 13.0 Å². The smallest absolute Gasteiger partial charge is 0.224 e. The molecule has 1 N–H and O–H groups in total. The molecule has 2 aromatic carbocycles. The molecule has 0 heterocycles. The number of para-hydroxylation sites is 1. The third kappa shape index (κ3) is 6.67. The van der Waals surface area contributed by atoms with E-state index in [1.165, 1.54) is 6.92 Å². The fraction of sp³-hybridized carbons (Fsp3) is 0.300. The Kier molecular flexibility index (Phi) is 7.01. The Morgan fingerprint density at radius 1 is 1.04 bits per heavy atom. The van der Waals surface area contributed by atoms with Crippen LogP contribution in [0, 0.1) is 0 Å². The van der Waals surface area contributed by atoms with Gasteiger partial charge < -0.3 is 14.8 Å². The summed E-state index contributed by atoms with van der Waals surface area (Å²) < 4.78 is 11.1. The summed E-state index contributed by atoms with van der Waals surface area (Å²) in [5.74, 6) is 1.23. The van der Waals surface area contributed by atoms with Crippen molar-refractivity contribution >= 4 is 11.7 Å². The van der Waals surface area contributed by atoms with Crippen molar-refractivity contribution in [2.24, 2.45) is 0 Å². The fourth-order valence-electron chi connectivity index (χ4n) is 2.14. The van der Waals surface area contributed by atoms with Crippen molar-refractivity contribution in [3.05, 3.63) is 60.2 Å². The van der Waals surface area contributed by atoms with Crippen LogP contribution in [0.15, 0.2) is 54.6 Å². The topological polar surface area (TPSA) is 64.6 Å². The normalized spacial score (nSPS) is 11.4. The number of hydrogen-bond donors (Lipinski definition) is 1. The number of amides is 1. The Balaban J connectivity index is 1.75. The number of ketones is 1. The first kappa shape index (κ1) is 18.5. The molecule has 0 radical (unpaired) electrons. The van der Waals surface area contributed by atoms with Crippen molar-refractivity contribution in [2.75, 3.05) is 13.2 Å². The van der Waals surface area contributed by atoms with E-state index in [-0.39, 0.29) is 18.1 Å². The maximum atomic E-state index is 12.0. The summed E-state index contributed by atoms with van der Waals surface area (Å²) in [5.41, 5.74) is 0.828. The number of carbonyl (C=O) groups is 2. The van der Waals surface area contributed by atoms with Crippen LogP contribution in [0.2, 0.25) is 0 Å². The zero-order chi connectivity index (χ0) is 18.1. The second kappa shape index (κ2) is 9.47. The van der Waals surface area contributed by atoms with Gasteiger partial charge >= 0.3 is 0 Å². The van der Waals surface area contributed by atoms with Crippen LogP contribution in [-0.4, -0.2) is 30.9 Å². The zero-order valence-corrected chi connectivity index (χ0v) is 14.5. The fourth-order valence-corrected chi connectivity index (χ4v) is 2.14. The molecule has 0 saturated carbocycles. The van der Waals surface area contributed by atoms with Gasteiger partial charge in [-0.15, -0.1) is 0 Å². The van der Waals surface area contributed by atoms with Crippen molar-refractivity contribution in [3.8, 4) is 11.5 Å².